The average Bonchev–Trinajstić information content (AvgIpc) is 2.89. The second-order valence-electron chi connectivity index (χ2n) is 4.92. The van der Waals surface area contributed by atoms with Crippen LogP contribution in [-0.4, -0.2) is 17.1 Å². The normalized spacial score (nSPS) is 13.2. The second-order valence-corrected chi connectivity index (χ2v) is 4.92. The first-order chi connectivity index (χ1) is 9.60. The van der Waals surface area contributed by atoms with Gasteiger partial charge in [-0.3, -0.25) is 4.79 Å². The van der Waals surface area contributed by atoms with Crippen LogP contribution in [0.2, 0.25) is 0 Å². The highest BCUT2D eigenvalue weighted by Crippen LogP contribution is 2.18. The summed E-state index contributed by atoms with van der Waals surface area (Å²) in [5, 5.41) is 12.1. The molecule has 0 saturated carbocycles. The molecule has 4 nitrogen and oxygen atoms in total. The molecular weight excluding hydrogens is 254 g/mol. The van der Waals surface area contributed by atoms with Crippen LogP contribution in [0, 0.1) is 0 Å². The van der Waals surface area contributed by atoms with E-state index >= 15 is 0 Å². The highest BCUT2D eigenvalue weighted by molar-refractivity contribution is 5.68. The number of nitrogens with one attached hydrogen (secondary N) is 1. The Morgan fingerprint density at radius 3 is 2.75 bits per heavy atom. The fraction of sp³-hybridized carbons (Fsp3) is 0.562. The summed E-state index contributed by atoms with van der Waals surface area (Å²) >= 11 is 0. The first kappa shape index (κ1) is 16.3. The van der Waals surface area contributed by atoms with Crippen LogP contribution < -0.4 is 5.32 Å². The predicted molar refractivity (Wildman–Crippen MR) is 80.4 cm³/mol. The molecule has 0 amide bonds. The Bertz CT molecular complexity index is 448. The van der Waals surface area contributed by atoms with Crippen molar-refractivity contribution in [3.63, 3.8) is 0 Å². The zero-order valence-electron chi connectivity index (χ0n) is 12.6. The number of aryl methyl sites for hydroxylation is 1. The van der Waals surface area contributed by atoms with E-state index in [0.29, 0.717) is 0 Å². The summed E-state index contributed by atoms with van der Waals surface area (Å²) in [5.41, 5.74) is 0.862. The van der Waals surface area contributed by atoms with Crippen LogP contribution in [0.1, 0.15) is 58.0 Å². The predicted octanol–water partition coefficient (Wildman–Crippen LogP) is 3.83. The lowest BCUT2D eigenvalue weighted by Crippen LogP contribution is -2.29. The second kappa shape index (κ2) is 8.46. The number of carbonyl (C=O) groups is 1. The number of allylic oxidation sites excluding steroid dienone is 1. The number of carboxylic acid groups (broad SMARTS) is 1. The van der Waals surface area contributed by atoms with Gasteiger partial charge >= 0.3 is 5.97 Å². The van der Waals surface area contributed by atoms with Crippen molar-refractivity contribution in [1.82, 2.24) is 5.32 Å². The molecule has 0 aromatic carbocycles. The van der Waals surface area contributed by atoms with Crippen LogP contribution in [0.4, 0.5) is 0 Å². The third-order valence-electron chi connectivity index (χ3n) is 3.27. The third-order valence-corrected chi connectivity index (χ3v) is 3.27. The lowest BCUT2D eigenvalue weighted by molar-refractivity contribution is -0.137. The molecule has 1 heterocycles. The zero-order chi connectivity index (χ0) is 15.0. The number of aliphatic carboxylic acids is 1. The van der Waals surface area contributed by atoms with Crippen LogP contribution in [-0.2, 0) is 11.2 Å². The van der Waals surface area contributed by atoms with E-state index in [0.717, 1.165) is 42.9 Å². The minimum absolute atomic E-state index is 0.0807. The van der Waals surface area contributed by atoms with E-state index in [1.165, 1.54) is 0 Å². The lowest BCUT2D eigenvalue weighted by atomic mass is 10.1. The van der Waals surface area contributed by atoms with Gasteiger partial charge in [0, 0.05) is 12.5 Å². The molecule has 0 fully saturated rings. The number of unbranched alkanes of at least 4 members (excludes halogenated alkanes) is 1. The van der Waals surface area contributed by atoms with Crippen LogP contribution >= 0.6 is 0 Å². The fourth-order valence-electron chi connectivity index (χ4n) is 2.03. The number of hydrogen-bond donors (Lipinski definition) is 2. The maximum absolute atomic E-state index is 10.8. The molecular formula is C16H25NO3. The van der Waals surface area contributed by atoms with Crippen LogP contribution in [0.3, 0.4) is 0 Å². The molecule has 1 aromatic heterocycles. The summed E-state index contributed by atoms with van der Waals surface area (Å²) in [4.78, 5) is 10.8. The largest absolute Gasteiger partial charge is 0.481 e. The van der Waals surface area contributed by atoms with Crippen molar-refractivity contribution in [1.29, 1.82) is 0 Å². The van der Waals surface area contributed by atoms with Crippen molar-refractivity contribution < 1.29 is 14.3 Å². The summed E-state index contributed by atoms with van der Waals surface area (Å²) in [7, 11) is 0. The summed E-state index contributed by atoms with van der Waals surface area (Å²) in [6.45, 7) is 6.05. The Labute approximate surface area is 120 Å². The molecule has 112 valence electrons. The molecule has 0 radical (unpaired) electrons. The van der Waals surface area contributed by atoms with Gasteiger partial charge in [-0.15, -0.1) is 0 Å². The maximum Gasteiger partial charge on any atom is 0.305 e. The van der Waals surface area contributed by atoms with E-state index in [9.17, 15) is 4.79 Å². The topological polar surface area (TPSA) is 62.5 Å². The van der Waals surface area contributed by atoms with Gasteiger partial charge in [0.25, 0.3) is 0 Å². The van der Waals surface area contributed by atoms with E-state index < -0.39 is 5.97 Å². The summed E-state index contributed by atoms with van der Waals surface area (Å²) in [5.74, 6) is 0.972. The number of hydrogen-bond acceptors (Lipinski definition) is 3. The van der Waals surface area contributed by atoms with Crippen molar-refractivity contribution in [3.8, 4) is 0 Å². The highest BCUT2D eigenvalue weighted by atomic mass is 16.4. The molecule has 0 aliphatic heterocycles. The van der Waals surface area contributed by atoms with Crippen molar-refractivity contribution in [2.24, 2.45) is 0 Å². The number of carboxylic acids is 1. The van der Waals surface area contributed by atoms with Crippen molar-refractivity contribution in [2.75, 3.05) is 0 Å². The van der Waals surface area contributed by atoms with E-state index in [-0.39, 0.29) is 12.5 Å². The summed E-state index contributed by atoms with van der Waals surface area (Å²) in [6, 6.07) is 3.86. The molecule has 0 bridgehead atoms. The summed E-state index contributed by atoms with van der Waals surface area (Å²) < 4.78 is 5.81. The zero-order valence-corrected chi connectivity index (χ0v) is 12.6. The molecule has 20 heavy (non-hydrogen) atoms. The Kier molecular flexibility index (Phi) is 6.91. The Balaban J connectivity index is 2.70. The molecule has 0 unspecified atom stereocenters. The van der Waals surface area contributed by atoms with Crippen LogP contribution in [0.15, 0.2) is 22.6 Å². The van der Waals surface area contributed by atoms with Crippen LogP contribution in [0.25, 0.3) is 5.70 Å². The fourth-order valence-corrected chi connectivity index (χ4v) is 2.03. The van der Waals surface area contributed by atoms with E-state index in [2.05, 4.69) is 12.2 Å². The Morgan fingerprint density at radius 2 is 2.20 bits per heavy atom. The molecule has 2 N–H and O–H groups in total. The highest BCUT2D eigenvalue weighted by Gasteiger charge is 2.14. The molecule has 0 saturated heterocycles. The first-order valence-electron chi connectivity index (χ1n) is 7.34. The third kappa shape index (κ3) is 5.11. The molecule has 0 spiro atoms. The van der Waals surface area contributed by atoms with Crippen molar-refractivity contribution in [3.05, 3.63) is 29.7 Å². The molecule has 1 atom stereocenters. The summed E-state index contributed by atoms with van der Waals surface area (Å²) in [6.07, 6.45) is 5.99. The monoisotopic (exact) mass is 279 g/mol. The Morgan fingerprint density at radius 1 is 1.45 bits per heavy atom. The van der Waals surface area contributed by atoms with Gasteiger partial charge in [-0.2, -0.15) is 0 Å². The van der Waals surface area contributed by atoms with Gasteiger partial charge in [-0.25, -0.2) is 0 Å². The van der Waals surface area contributed by atoms with E-state index in [1.807, 2.05) is 32.1 Å². The molecule has 0 aliphatic rings. The molecule has 1 aromatic rings. The van der Waals surface area contributed by atoms with Crippen LogP contribution in [0.5, 0.6) is 0 Å². The van der Waals surface area contributed by atoms with Gasteiger partial charge in [0.05, 0.1) is 12.1 Å². The number of rotatable bonds is 9. The Hall–Kier alpha value is -1.71. The van der Waals surface area contributed by atoms with Gasteiger partial charge in [0.15, 0.2) is 0 Å². The van der Waals surface area contributed by atoms with Crippen molar-refractivity contribution in [2.45, 2.75) is 58.9 Å². The van der Waals surface area contributed by atoms with Gasteiger partial charge in [0.1, 0.15) is 11.5 Å². The average molecular weight is 279 g/mol. The van der Waals surface area contributed by atoms with Gasteiger partial charge in [-0.1, -0.05) is 26.3 Å². The smallest absolute Gasteiger partial charge is 0.305 e. The quantitative estimate of drug-likeness (QED) is 0.721. The standard InChI is InChI=1S/C16H25NO3/c1-4-7-8-13-9-10-15(20-13)14(6-3)17-12(5-2)11-16(18)19/h6,9-10,12,17H,4-5,7-8,11H2,1-3H3,(H,18,19)/b14-6-/t12-/m0/s1. The SMILES string of the molecule is C/C=C(\N[C@@H](CC)CC(=O)O)c1ccc(CCCC)o1. The number of furan rings is 1. The molecule has 4 heteroatoms. The van der Waals surface area contributed by atoms with Gasteiger partial charge < -0.3 is 14.8 Å². The maximum atomic E-state index is 10.8. The minimum Gasteiger partial charge on any atom is -0.481 e. The van der Waals surface area contributed by atoms with Gasteiger partial charge in [-0.05, 0) is 31.9 Å². The first-order valence-corrected chi connectivity index (χ1v) is 7.34. The minimum atomic E-state index is -0.789. The van der Waals surface area contributed by atoms with E-state index in [1.54, 1.807) is 0 Å². The van der Waals surface area contributed by atoms with E-state index in [4.69, 9.17) is 9.52 Å². The molecule has 1 rings (SSSR count). The molecule has 0 aliphatic carbocycles. The lowest BCUT2D eigenvalue weighted by Gasteiger charge is -2.17. The van der Waals surface area contributed by atoms with Crippen molar-refractivity contribution >= 4 is 11.7 Å². The van der Waals surface area contributed by atoms with Gasteiger partial charge in [0.2, 0.25) is 0 Å².